The fraction of sp³-hybridized carbons (Fsp3) is 0.462. The molecule has 17 heavy (non-hydrogen) atoms. The molecule has 4 heteroatoms. The molecule has 1 unspecified atom stereocenters. The van der Waals surface area contributed by atoms with Crippen LogP contribution in [0.5, 0.6) is 0 Å². The minimum absolute atomic E-state index is 0.0803. The first-order valence-corrected chi connectivity index (χ1v) is 6.25. The largest absolute Gasteiger partial charge is 0.338 e. The van der Waals surface area contributed by atoms with E-state index in [1.807, 2.05) is 30.0 Å². The van der Waals surface area contributed by atoms with E-state index in [0.29, 0.717) is 13.0 Å². The summed E-state index contributed by atoms with van der Waals surface area (Å²) in [6.45, 7) is 3.25. The van der Waals surface area contributed by atoms with Gasteiger partial charge in [0.25, 0.3) is 0 Å². The molecule has 1 aromatic rings. The van der Waals surface area contributed by atoms with Gasteiger partial charge >= 0.3 is 0 Å². The molecule has 1 heterocycles. The highest BCUT2D eigenvalue weighted by Gasteiger charge is 2.22. The summed E-state index contributed by atoms with van der Waals surface area (Å²) in [6.07, 6.45) is 1.25. The van der Waals surface area contributed by atoms with Crippen LogP contribution in [0, 0.1) is 0 Å². The molecule has 3 nitrogen and oxygen atoms in total. The summed E-state index contributed by atoms with van der Waals surface area (Å²) in [7, 11) is 0. The number of rotatable bonds is 2. The van der Waals surface area contributed by atoms with E-state index in [4.69, 9.17) is 17.3 Å². The van der Waals surface area contributed by atoms with E-state index >= 15 is 0 Å². The lowest BCUT2D eigenvalue weighted by Gasteiger charge is -2.30. The first-order valence-electron chi connectivity index (χ1n) is 5.87. The predicted molar refractivity (Wildman–Crippen MR) is 68.8 cm³/mol. The van der Waals surface area contributed by atoms with Gasteiger partial charge in [-0.25, -0.2) is 0 Å². The third kappa shape index (κ3) is 2.79. The van der Waals surface area contributed by atoms with Crippen molar-refractivity contribution in [3.63, 3.8) is 0 Å². The van der Waals surface area contributed by atoms with E-state index in [-0.39, 0.29) is 11.9 Å². The van der Waals surface area contributed by atoms with Crippen molar-refractivity contribution in [2.45, 2.75) is 32.4 Å². The summed E-state index contributed by atoms with van der Waals surface area (Å²) in [5.74, 6) is 0.130. The van der Waals surface area contributed by atoms with Gasteiger partial charge in [0.05, 0.1) is 0 Å². The second-order valence-corrected chi connectivity index (χ2v) is 5.03. The lowest BCUT2D eigenvalue weighted by atomic mass is 9.99. The van der Waals surface area contributed by atoms with Gasteiger partial charge in [-0.15, -0.1) is 0 Å². The molecule has 2 N–H and O–H groups in total. The van der Waals surface area contributed by atoms with Gasteiger partial charge in [-0.05, 0) is 30.5 Å². The van der Waals surface area contributed by atoms with E-state index in [1.54, 1.807) is 0 Å². The van der Waals surface area contributed by atoms with Crippen LogP contribution in [0.15, 0.2) is 18.2 Å². The minimum Gasteiger partial charge on any atom is -0.338 e. The molecule has 0 bridgehead atoms. The molecule has 1 aromatic carbocycles. The van der Waals surface area contributed by atoms with Crippen LogP contribution >= 0.6 is 11.6 Å². The molecule has 1 atom stereocenters. The first-order chi connectivity index (χ1) is 8.08. The molecular weight excluding hydrogens is 236 g/mol. The first kappa shape index (κ1) is 12.4. The maximum absolute atomic E-state index is 11.9. The van der Waals surface area contributed by atoms with Crippen LogP contribution in [0.25, 0.3) is 0 Å². The van der Waals surface area contributed by atoms with Crippen molar-refractivity contribution in [1.82, 2.24) is 4.90 Å². The van der Waals surface area contributed by atoms with Crippen LogP contribution in [-0.4, -0.2) is 23.4 Å². The molecule has 0 fully saturated rings. The zero-order valence-electron chi connectivity index (χ0n) is 9.95. The molecule has 1 amide bonds. The summed E-state index contributed by atoms with van der Waals surface area (Å²) in [5.41, 5.74) is 7.98. The third-order valence-electron chi connectivity index (χ3n) is 3.06. The number of benzene rings is 1. The fourth-order valence-corrected chi connectivity index (χ4v) is 2.47. The number of fused-ring (bicyclic) bond motifs is 1. The number of nitrogens with two attached hydrogens (primary N) is 1. The quantitative estimate of drug-likeness (QED) is 0.875. The normalized spacial score (nSPS) is 16.5. The topological polar surface area (TPSA) is 46.3 Å². The second-order valence-electron chi connectivity index (χ2n) is 4.62. The lowest BCUT2D eigenvalue weighted by Crippen LogP contribution is -2.38. The lowest BCUT2D eigenvalue weighted by molar-refractivity contribution is -0.132. The van der Waals surface area contributed by atoms with Crippen molar-refractivity contribution in [2.24, 2.45) is 5.73 Å². The Morgan fingerprint density at radius 3 is 3.06 bits per heavy atom. The van der Waals surface area contributed by atoms with E-state index in [2.05, 4.69) is 0 Å². The van der Waals surface area contributed by atoms with Crippen molar-refractivity contribution in [3.8, 4) is 0 Å². The molecule has 0 saturated heterocycles. The Labute approximate surface area is 107 Å². The van der Waals surface area contributed by atoms with Crippen LogP contribution in [0.4, 0.5) is 0 Å². The van der Waals surface area contributed by atoms with Crippen LogP contribution < -0.4 is 5.73 Å². The Kier molecular flexibility index (Phi) is 3.69. The van der Waals surface area contributed by atoms with Gasteiger partial charge < -0.3 is 10.6 Å². The van der Waals surface area contributed by atoms with E-state index in [1.165, 1.54) is 5.56 Å². The van der Waals surface area contributed by atoms with Gasteiger partial charge in [0, 0.05) is 30.6 Å². The number of amides is 1. The Morgan fingerprint density at radius 2 is 2.35 bits per heavy atom. The summed E-state index contributed by atoms with van der Waals surface area (Å²) in [5, 5.41) is 0.807. The highest BCUT2D eigenvalue weighted by atomic mass is 35.5. The second kappa shape index (κ2) is 5.07. The van der Waals surface area contributed by atoms with Gasteiger partial charge in [0.2, 0.25) is 5.91 Å². The SMILES string of the molecule is CC(N)CC(=O)N1CCc2c(Cl)cccc2C1. The van der Waals surface area contributed by atoms with Crippen molar-refractivity contribution in [1.29, 1.82) is 0 Å². The molecule has 0 aliphatic carbocycles. The highest BCUT2D eigenvalue weighted by Crippen LogP contribution is 2.26. The molecule has 1 aliphatic heterocycles. The highest BCUT2D eigenvalue weighted by molar-refractivity contribution is 6.31. The molecule has 0 saturated carbocycles. The van der Waals surface area contributed by atoms with Crippen molar-refractivity contribution < 1.29 is 4.79 Å². The van der Waals surface area contributed by atoms with Crippen molar-refractivity contribution >= 4 is 17.5 Å². The summed E-state index contributed by atoms with van der Waals surface area (Å²) in [6, 6.07) is 5.79. The maximum Gasteiger partial charge on any atom is 0.224 e. The number of carbonyl (C=O) groups excluding carboxylic acids is 1. The van der Waals surface area contributed by atoms with Gasteiger partial charge in [0.1, 0.15) is 0 Å². The third-order valence-corrected chi connectivity index (χ3v) is 3.41. The Morgan fingerprint density at radius 1 is 1.59 bits per heavy atom. The Balaban J connectivity index is 2.11. The zero-order chi connectivity index (χ0) is 12.4. The predicted octanol–water partition coefficient (Wildman–Crippen LogP) is 1.96. The Bertz CT molecular complexity index is 431. The minimum atomic E-state index is -0.0803. The average molecular weight is 253 g/mol. The molecule has 0 radical (unpaired) electrons. The number of hydrogen-bond acceptors (Lipinski definition) is 2. The van der Waals surface area contributed by atoms with E-state index < -0.39 is 0 Å². The molecule has 0 spiro atoms. The number of halogens is 1. The number of nitrogens with zero attached hydrogens (tertiary/aromatic N) is 1. The van der Waals surface area contributed by atoms with Crippen LogP contribution in [0.2, 0.25) is 5.02 Å². The van der Waals surface area contributed by atoms with Crippen LogP contribution in [0.1, 0.15) is 24.5 Å². The molecule has 1 aliphatic rings. The summed E-state index contributed by atoms with van der Waals surface area (Å²) < 4.78 is 0. The van der Waals surface area contributed by atoms with Crippen LogP contribution in [-0.2, 0) is 17.8 Å². The number of carbonyl (C=O) groups is 1. The maximum atomic E-state index is 11.9. The van der Waals surface area contributed by atoms with Crippen molar-refractivity contribution in [3.05, 3.63) is 34.3 Å². The summed E-state index contributed by atoms with van der Waals surface area (Å²) in [4.78, 5) is 13.8. The molecular formula is C13H17ClN2O. The Hall–Kier alpha value is -1.06. The number of hydrogen-bond donors (Lipinski definition) is 1. The average Bonchev–Trinajstić information content (AvgIpc) is 2.28. The van der Waals surface area contributed by atoms with Gasteiger partial charge in [-0.3, -0.25) is 4.79 Å². The molecule has 2 rings (SSSR count). The van der Waals surface area contributed by atoms with E-state index in [9.17, 15) is 4.79 Å². The molecule has 92 valence electrons. The summed E-state index contributed by atoms with van der Waals surface area (Å²) >= 11 is 6.13. The molecule has 0 aromatic heterocycles. The van der Waals surface area contributed by atoms with Gasteiger partial charge in [-0.1, -0.05) is 23.7 Å². The zero-order valence-corrected chi connectivity index (χ0v) is 10.7. The van der Waals surface area contributed by atoms with Gasteiger partial charge in [0.15, 0.2) is 0 Å². The standard InChI is InChI=1S/C13H17ClN2O/c1-9(15)7-13(17)16-6-5-11-10(8-16)3-2-4-12(11)14/h2-4,9H,5-8,15H2,1H3. The van der Waals surface area contributed by atoms with E-state index in [0.717, 1.165) is 23.6 Å². The van der Waals surface area contributed by atoms with Crippen LogP contribution in [0.3, 0.4) is 0 Å². The monoisotopic (exact) mass is 252 g/mol. The van der Waals surface area contributed by atoms with Crippen molar-refractivity contribution in [2.75, 3.05) is 6.54 Å². The smallest absolute Gasteiger partial charge is 0.224 e. The van der Waals surface area contributed by atoms with Gasteiger partial charge in [-0.2, -0.15) is 0 Å². The fourth-order valence-electron chi connectivity index (χ4n) is 2.18.